The lowest BCUT2D eigenvalue weighted by atomic mass is 9.56. The van der Waals surface area contributed by atoms with Gasteiger partial charge in [0.25, 0.3) is 0 Å². The molecule has 0 radical (unpaired) electrons. The van der Waals surface area contributed by atoms with Crippen LogP contribution in [-0.4, -0.2) is 123 Å². The maximum atomic E-state index is 14.5. The summed E-state index contributed by atoms with van der Waals surface area (Å²) in [5.41, 5.74) is -11.0. The molecule has 4 aliphatic rings. The van der Waals surface area contributed by atoms with Gasteiger partial charge in [-0.2, -0.15) is 0 Å². The second-order valence-corrected chi connectivity index (χ2v) is 12.3. The summed E-state index contributed by atoms with van der Waals surface area (Å²) in [5.74, 6) is -8.61. The number of nitrogens with zero attached hydrogens (tertiary/aromatic N) is 1. The Morgan fingerprint density at radius 3 is 2.24 bits per heavy atom. The van der Waals surface area contributed by atoms with E-state index in [2.05, 4.69) is 10.5 Å². The number of ketones is 4. The number of carboxylic acids is 1. The van der Waals surface area contributed by atoms with E-state index < -0.39 is 128 Å². The Kier molecular flexibility index (Phi) is 8.21. The van der Waals surface area contributed by atoms with Crippen LogP contribution in [0.3, 0.4) is 0 Å². The number of benzene rings is 2. The fourth-order valence-electron chi connectivity index (χ4n) is 7.73. The van der Waals surface area contributed by atoms with Gasteiger partial charge in [0.05, 0.1) is 29.0 Å². The number of phenolic OH excluding ortho intramolecular Hbond substituents is 1. The quantitative estimate of drug-likeness (QED) is 0.156. The number of aliphatic hydroxyl groups is 2. The summed E-state index contributed by atoms with van der Waals surface area (Å²) in [6.07, 6.45) is -5.64. The van der Waals surface area contributed by atoms with Gasteiger partial charge in [-0.05, 0) is 31.0 Å². The predicted octanol–water partition coefficient (Wildman–Crippen LogP) is 0.131. The highest BCUT2D eigenvalue weighted by atomic mass is 16.6. The molecule has 6 rings (SSSR count). The van der Waals surface area contributed by atoms with Gasteiger partial charge in [-0.1, -0.05) is 11.2 Å². The molecule has 0 saturated carbocycles. The third-order valence-corrected chi connectivity index (χ3v) is 9.91. The Bertz CT molecular complexity index is 1990. The number of aromatic carboxylic acids is 1. The van der Waals surface area contributed by atoms with E-state index in [1.165, 1.54) is 27.2 Å². The van der Waals surface area contributed by atoms with Crippen molar-refractivity contribution in [2.24, 2.45) is 5.16 Å². The first-order chi connectivity index (χ1) is 23.6. The van der Waals surface area contributed by atoms with Gasteiger partial charge in [0.1, 0.15) is 35.0 Å². The first kappa shape index (κ1) is 34.8. The van der Waals surface area contributed by atoms with Crippen molar-refractivity contribution in [2.45, 2.75) is 62.1 Å². The number of Topliss-reactive ketones (excluding diaryl/α,β-unsaturated/α-hetero) is 3. The topological polar surface area (TPSA) is 268 Å². The zero-order valence-electron chi connectivity index (χ0n) is 27.1. The number of hydrogen-bond donors (Lipinski definition) is 7. The van der Waals surface area contributed by atoms with Crippen molar-refractivity contribution >= 4 is 34.8 Å². The van der Waals surface area contributed by atoms with Gasteiger partial charge >= 0.3 is 5.97 Å². The average Bonchev–Trinajstić information content (AvgIpc) is 3.05. The minimum Gasteiger partial charge on any atom is -0.507 e. The molecule has 264 valence electrons. The van der Waals surface area contributed by atoms with Crippen LogP contribution < -0.4 is 5.32 Å². The molecular formula is C33H32N2O15. The summed E-state index contributed by atoms with van der Waals surface area (Å²) in [6.45, 7) is 2.93. The molecule has 1 saturated heterocycles. The molecule has 1 aliphatic heterocycles. The predicted molar refractivity (Wildman–Crippen MR) is 165 cm³/mol. The Morgan fingerprint density at radius 1 is 1.00 bits per heavy atom. The number of aryl methyl sites for hydroxylation is 1. The zero-order valence-corrected chi connectivity index (χ0v) is 27.1. The molecule has 50 heavy (non-hydrogen) atoms. The number of allylic oxidation sites excluding steroid dienone is 2. The van der Waals surface area contributed by atoms with Crippen LogP contribution in [0.15, 0.2) is 29.1 Å². The normalized spacial score (nSPS) is 31.1. The number of fused-ring (bicyclic) bond motifs is 5. The molecule has 7 atom stereocenters. The van der Waals surface area contributed by atoms with Gasteiger partial charge < -0.3 is 55.0 Å². The lowest BCUT2D eigenvalue weighted by Gasteiger charge is -2.52. The van der Waals surface area contributed by atoms with E-state index in [4.69, 9.17) is 18.9 Å². The monoisotopic (exact) mass is 696 g/mol. The maximum absolute atomic E-state index is 14.5. The standard InChI is InChI=1S/C33H32N2O15/c1-10-6-12-7-17(37)33(49-5)29(42)20-14(28(41)32(33,45)21(12)25(40)18(10)31(43)44)8-13-19(24(20)39)16(36)9-15(23(13)38)34-30-27(48-4)22(35-46)26(47-3)11(2)50-30/h6,8-9,11,17,26-27,30,34,37,39-40,45-46H,7H2,1-5H3,(H,43,44)/t11-,17?,26-,27+,30-,32?,33?/m0/s1. The SMILES string of the molecule is CO[C@@H]1C(=NO)[C@@H](OC)[C@@H](NC2=CC(=O)c3c(cc4c(c3O)C(=O)C3(OC)C(O)Cc5cc(C)c(C(=O)O)c(O)c5C3(O)C4=O)C2=O)O[C@H]1C. The summed E-state index contributed by atoms with van der Waals surface area (Å²) in [7, 11) is 3.50. The van der Waals surface area contributed by atoms with Gasteiger partial charge in [-0.25, -0.2) is 4.79 Å². The molecule has 2 aromatic carbocycles. The molecular weight excluding hydrogens is 664 g/mol. The number of oxime groups is 1. The number of nitrogens with one attached hydrogen (secondary N) is 1. The second kappa shape index (κ2) is 11.8. The maximum Gasteiger partial charge on any atom is 0.339 e. The summed E-state index contributed by atoms with van der Waals surface area (Å²) < 4.78 is 22.1. The number of carboxylic acid groups (broad SMARTS) is 1. The molecule has 0 aromatic heterocycles. The van der Waals surface area contributed by atoms with E-state index in [9.17, 15) is 54.7 Å². The summed E-state index contributed by atoms with van der Waals surface area (Å²) in [5, 5.41) is 71.8. The van der Waals surface area contributed by atoms with Crippen LogP contribution in [0.5, 0.6) is 11.5 Å². The molecule has 17 heteroatoms. The molecule has 0 spiro atoms. The Hall–Kier alpha value is -5.04. The van der Waals surface area contributed by atoms with Crippen LogP contribution >= 0.6 is 0 Å². The van der Waals surface area contributed by atoms with E-state index in [0.717, 1.165) is 19.3 Å². The number of aromatic hydroxyl groups is 2. The van der Waals surface area contributed by atoms with E-state index in [-0.39, 0.29) is 16.8 Å². The second-order valence-electron chi connectivity index (χ2n) is 12.3. The van der Waals surface area contributed by atoms with Crippen molar-refractivity contribution in [3.8, 4) is 11.5 Å². The van der Waals surface area contributed by atoms with Gasteiger partial charge in [0.15, 0.2) is 23.2 Å². The van der Waals surface area contributed by atoms with Crippen LogP contribution in [-0.2, 0) is 31.0 Å². The number of ether oxygens (including phenoxy) is 4. The van der Waals surface area contributed by atoms with Crippen LogP contribution in [0.2, 0.25) is 0 Å². The van der Waals surface area contributed by atoms with Crippen LogP contribution in [0.25, 0.3) is 0 Å². The van der Waals surface area contributed by atoms with E-state index >= 15 is 0 Å². The van der Waals surface area contributed by atoms with Gasteiger partial charge in [0, 0.05) is 50.5 Å². The lowest BCUT2D eigenvalue weighted by molar-refractivity contribution is -0.181. The average molecular weight is 697 g/mol. The third-order valence-electron chi connectivity index (χ3n) is 9.91. The van der Waals surface area contributed by atoms with Crippen molar-refractivity contribution in [2.75, 3.05) is 21.3 Å². The van der Waals surface area contributed by atoms with Gasteiger partial charge in [-0.3, -0.25) is 19.2 Å². The molecule has 0 amide bonds. The van der Waals surface area contributed by atoms with Crippen molar-refractivity contribution in [3.05, 3.63) is 68.4 Å². The first-order valence-corrected chi connectivity index (χ1v) is 15.1. The highest BCUT2D eigenvalue weighted by Crippen LogP contribution is 2.56. The van der Waals surface area contributed by atoms with Crippen LogP contribution in [0, 0.1) is 6.92 Å². The van der Waals surface area contributed by atoms with Crippen molar-refractivity contribution in [3.63, 3.8) is 0 Å². The summed E-state index contributed by atoms with van der Waals surface area (Å²) >= 11 is 0. The Labute approximate surface area is 282 Å². The number of carbonyl (C=O) groups is 5. The fourth-order valence-corrected chi connectivity index (χ4v) is 7.73. The zero-order chi connectivity index (χ0) is 36.8. The highest BCUT2D eigenvalue weighted by Gasteiger charge is 2.72. The number of methoxy groups -OCH3 is 3. The highest BCUT2D eigenvalue weighted by molar-refractivity contribution is 6.31. The van der Waals surface area contributed by atoms with Crippen LogP contribution in [0.1, 0.15) is 75.4 Å². The molecule has 0 bridgehead atoms. The van der Waals surface area contributed by atoms with E-state index in [1.54, 1.807) is 6.92 Å². The number of hydrogen-bond acceptors (Lipinski definition) is 16. The van der Waals surface area contributed by atoms with Gasteiger partial charge in [0.2, 0.25) is 17.3 Å². The summed E-state index contributed by atoms with van der Waals surface area (Å²) in [4.78, 5) is 68.4. The number of phenols is 2. The largest absolute Gasteiger partial charge is 0.507 e. The van der Waals surface area contributed by atoms with Crippen molar-refractivity contribution < 1.29 is 73.7 Å². The minimum absolute atomic E-state index is 0.00646. The van der Waals surface area contributed by atoms with Crippen LogP contribution in [0.4, 0.5) is 0 Å². The fraction of sp³-hybridized carbons (Fsp3) is 0.394. The lowest BCUT2D eigenvalue weighted by Crippen LogP contribution is -2.73. The molecule has 2 aromatic rings. The Balaban J connectivity index is 1.51. The van der Waals surface area contributed by atoms with E-state index in [0.29, 0.717) is 0 Å². The third kappa shape index (κ3) is 4.28. The Morgan fingerprint density at radius 2 is 1.66 bits per heavy atom. The molecule has 17 nitrogen and oxygen atoms in total. The number of rotatable bonds is 6. The molecule has 3 aliphatic carbocycles. The first-order valence-electron chi connectivity index (χ1n) is 15.1. The summed E-state index contributed by atoms with van der Waals surface area (Å²) in [6, 6.07) is 2.03. The molecule has 1 fully saturated rings. The molecule has 1 heterocycles. The molecule has 7 N–H and O–H groups in total. The van der Waals surface area contributed by atoms with Gasteiger partial charge in [-0.15, -0.1) is 0 Å². The van der Waals surface area contributed by atoms with E-state index in [1.807, 2.05) is 0 Å². The van der Waals surface area contributed by atoms with Crippen molar-refractivity contribution in [1.82, 2.24) is 5.32 Å². The number of carbonyl (C=O) groups excluding carboxylic acids is 4. The number of aliphatic hydroxyl groups excluding tert-OH is 1. The molecule has 3 unspecified atom stereocenters. The smallest absolute Gasteiger partial charge is 0.339 e. The minimum atomic E-state index is -3.30. The van der Waals surface area contributed by atoms with Crippen molar-refractivity contribution in [1.29, 1.82) is 0 Å².